The summed E-state index contributed by atoms with van der Waals surface area (Å²) in [5, 5.41) is 8.14. The SMILES string of the molecule is CCC(=O)c1c(-c2ccc(F)cc2)oc2ccc(-c3cc(C(=O)CC4(c5nc(-c6cccnc6)n[nH]5)CC4)ccc3C)cc12. The summed E-state index contributed by atoms with van der Waals surface area (Å²) in [4.78, 5) is 35.7. The fourth-order valence-corrected chi connectivity index (χ4v) is 5.81. The molecule has 0 aliphatic heterocycles. The Bertz CT molecular complexity index is 2040. The van der Waals surface area contributed by atoms with E-state index in [1.165, 1.54) is 12.1 Å². The number of carbonyl (C=O) groups excluding carboxylic acids is 2. The maximum Gasteiger partial charge on any atom is 0.182 e. The van der Waals surface area contributed by atoms with E-state index in [0.29, 0.717) is 52.1 Å². The van der Waals surface area contributed by atoms with Crippen LogP contribution in [0.3, 0.4) is 0 Å². The molecule has 1 aliphatic rings. The van der Waals surface area contributed by atoms with Crippen molar-refractivity contribution in [2.24, 2.45) is 0 Å². The smallest absolute Gasteiger partial charge is 0.182 e. The van der Waals surface area contributed by atoms with Crippen molar-refractivity contribution in [3.63, 3.8) is 0 Å². The molecule has 3 aromatic carbocycles. The second-order valence-electron chi connectivity index (χ2n) is 11.5. The van der Waals surface area contributed by atoms with E-state index >= 15 is 0 Å². The minimum absolute atomic E-state index is 0.0351. The van der Waals surface area contributed by atoms with E-state index in [2.05, 4.69) is 15.2 Å². The van der Waals surface area contributed by atoms with Gasteiger partial charge in [0.1, 0.15) is 23.0 Å². The first-order chi connectivity index (χ1) is 21.3. The number of nitrogens with zero attached hydrogens (tertiary/aromatic N) is 3. The molecule has 1 aliphatic carbocycles. The molecule has 1 saturated carbocycles. The van der Waals surface area contributed by atoms with Crippen molar-refractivity contribution < 1.29 is 18.4 Å². The summed E-state index contributed by atoms with van der Waals surface area (Å²) in [6.45, 7) is 3.81. The van der Waals surface area contributed by atoms with Gasteiger partial charge < -0.3 is 4.42 Å². The molecule has 3 heterocycles. The highest BCUT2D eigenvalue weighted by molar-refractivity contribution is 6.12. The molecule has 1 fully saturated rings. The van der Waals surface area contributed by atoms with Gasteiger partial charge in [-0.15, -0.1) is 0 Å². The molecule has 0 radical (unpaired) electrons. The number of H-pyrrole nitrogens is 1. The van der Waals surface area contributed by atoms with Crippen molar-refractivity contribution >= 4 is 22.5 Å². The highest BCUT2D eigenvalue weighted by Gasteiger charge is 2.49. The van der Waals surface area contributed by atoms with E-state index in [1.54, 1.807) is 24.5 Å². The Morgan fingerprint density at radius 2 is 1.75 bits per heavy atom. The largest absolute Gasteiger partial charge is 0.455 e. The zero-order chi connectivity index (χ0) is 30.4. The van der Waals surface area contributed by atoms with Crippen LogP contribution in [0.2, 0.25) is 0 Å². The van der Waals surface area contributed by atoms with Crippen molar-refractivity contribution in [1.29, 1.82) is 0 Å². The molecule has 7 nitrogen and oxygen atoms in total. The third kappa shape index (κ3) is 4.92. The van der Waals surface area contributed by atoms with Gasteiger partial charge >= 0.3 is 0 Å². The molecule has 6 aromatic rings. The summed E-state index contributed by atoms with van der Waals surface area (Å²) >= 11 is 0. The first-order valence-electron chi connectivity index (χ1n) is 14.7. The number of carbonyl (C=O) groups is 2. The number of aromatic nitrogens is 4. The first kappa shape index (κ1) is 27.6. The predicted molar refractivity (Wildman–Crippen MR) is 166 cm³/mol. The molecule has 0 atom stereocenters. The topological polar surface area (TPSA) is 102 Å². The molecule has 1 N–H and O–H groups in total. The Hall–Kier alpha value is -5.24. The maximum atomic E-state index is 13.7. The fraction of sp³-hybridized carbons (Fsp3) is 0.194. The normalized spacial score (nSPS) is 13.7. The molecule has 44 heavy (non-hydrogen) atoms. The summed E-state index contributed by atoms with van der Waals surface area (Å²) < 4.78 is 19.8. The number of halogens is 1. The Balaban J connectivity index is 1.21. The number of nitrogens with one attached hydrogen (secondary N) is 1. The van der Waals surface area contributed by atoms with Gasteiger partial charge in [0.15, 0.2) is 17.4 Å². The number of Topliss-reactive ketones (excluding diaryl/α,β-unsaturated/α-hetero) is 2. The lowest BCUT2D eigenvalue weighted by atomic mass is 9.91. The van der Waals surface area contributed by atoms with Crippen LogP contribution in [0.5, 0.6) is 0 Å². The van der Waals surface area contributed by atoms with Crippen molar-refractivity contribution in [3.8, 4) is 33.8 Å². The Labute approximate surface area is 253 Å². The van der Waals surface area contributed by atoms with E-state index in [4.69, 9.17) is 9.40 Å². The van der Waals surface area contributed by atoms with Crippen LogP contribution < -0.4 is 0 Å². The number of hydrogen-bond acceptors (Lipinski definition) is 6. The lowest BCUT2D eigenvalue weighted by Crippen LogP contribution is -2.15. The van der Waals surface area contributed by atoms with Crippen molar-refractivity contribution in [3.05, 3.63) is 114 Å². The van der Waals surface area contributed by atoms with E-state index in [0.717, 1.165) is 40.9 Å². The lowest BCUT2D eigenvalue weighted by Gasteiger charge is -2.13. The minimum Gasteiger partial charge on any atom is -0.455 e. The average Bonchev–Trinajstić information content (AvgIpc) is 3.47. The average molecular weight is 585 g/mol. The van der Waals surface area contributed by atoms with Gasteiger partial charge in [-0.05, 0) is 91.1 Å². The van der Waals surface area contributed by atoms with E-state index in [-0.39, 0.29) is 22.8 Å². The molecular formula is C36H29FN4O3. The number of aromatic amines is 1. The van der Waals surface area contributed by atoms with Crippen LogP contribution in [0.1, 0.15) is 64.7 Å². The summed E-state index contributed by atoms with van der Waals surface area (Å²) in [5.74, 6) is 1.35. The number of benzene rings is 3. The molecule has 7 rings (SSSR count). The second kappa shape index (κ2) is 10.8. The minimum atomic E-state index is -0.358. The van der Waals surface area contributed by atoms with E-state index in [1.807, 2.05) is 62.4 Å². The Kier molecular flexibility index (Phi) is 6.77. The molecule has 8 heteroatoms. The molecule has 0 bridgehead atoms. The van der Waals surface area contributed by atoms with Crippen molar-refractivity contribution in [2.45, 2.75) is 44.9 Å². The number of hydrogen-bond donors (Lipinski definition) is 1. The molecule has 3 aromatic heterocycles. The summed E-state index contributed by atoms with van der Waals surface area (Å²) in [5.41, 5.74) is 5.56. The summed E-state index contributed by atoms with van der Waals surface area (Å²) in [6, 6.07) is 21.2. The standard InChI is InChI=1S/C36H29FN4O3/c1-3-29(42)32-28-17-23(10-13-31(28)44-33(32)22-8-11-26(37)12-9-22)27-18-24(7-6-21(27)2)30(43)19-36(14-15-36)35-39-34(40-41-35)25-5-4-16-38-20-25/h4-13,16-18,20H,3,14-15,19H2,1-2H3,(H,39,40,41). The fourth-order valence-electron chi connectivity index (χ4n) is 5.81. The second-order valence-corrected chi connectivity index (χ2v) is 11.5. The third-order valence-electron chi connectivity index (χ3n) is 8.52. The van der Waals surface area contributed by atoms with Gasteiger partial charge in [0.25, 0.3) is 0 Å². The zero-order valence-electron chi connectivity index (χ0n) is 24.4. The molecule has 0 unspecified atom stereocenters. The first-order valence-corrected chi connectivity index (χ1v) is 14.7. The van der Waals surface area contributed by atoms with Crippen LogP contribution in [0.15, 0.2) is 89.6 Å². The molecule has 0 amide bonds. The molecule has 218 valence electrons. The number of furan rings is 1. The summed E-state index contributed by atoms with van der Waals surface area (Å²) in [6.07, 6.45) is 5.77. The predicted octanol–water partition coefficient (Wildman–Crippen LogP) is 8.29. The number of rotatable bonds is 9. The van der Waals surface area contributed by atoms with Crippen LogP contribution in [-0.2, 0) is 5.41 Å². The van der Waals surface area contributed by atoms with Gasteiger partial charge in [-0.2, -0.15) is 5.10 Å². The van der Waals surface area contributed by atoms with Gasteiger partial charge in [-0.1, -0.05) is 25.1 Å². The van der Waals surface area contributed by atoms with Crippen molar-refractivity contribution in [2.75, 3.05) is 0 Å². The Morgan fingerprint density at radius 3 is 2.48 bits per heavy atom. The number of ketones is 2. The van der Waals surface area contributed by atoms with E-state index < -0.39 is 0 Å². The lowest BCUT2D eigenvalue weighted by molar-refractivity contribution is 0.0965. The van der Waals surface area contributed by atoms with Gasteiger partial charge in [0.05, 0.1) is 5.56 Å². The van der Waals surface area contributed by atoms with Crippen LogP contribution >= 0.6 is 0 Å². The highest BCUT2D eigenvalue weighted by atomic mass is 19.1. The van der Waals surface area contributed by atoms with Crippen molar-refractivity contribution in [1.82, 2.24) is 20.2 Å². The summed E-state index contributed by atoms with van der Waals surface area (Å²) in [7, 11) is 0. The van der Waals surface area contributed by atoms with Gasteiger partial charge in [0.2, 0.25) is 0 Å². The van der Waals surface area contributed by atoms with Crippen LogP contribution in [0, 0.1) is 12.7 Å². The highest BCUT2D eigenvalue weighted by Crippen LogP contribution is 2.50. The van der Waals surface area contributed by atoms with Crippen LogP contribution in [0.25, 0.3) is 44.8 Å². The van der Waals surface area contributed by atoms with Gasteiger partial charge in [0, 0.05) is 52.7 Å². The molecule has 0 spiro atoms. The van der Waals surface area contributed by atoms with Gasteiger partial charge in [-0.25, -0.2) is 9.37 Å². The van der Waals surface area contributed by atoms with Gasteiger partial charge in [-0.3, -0.25) is 19.7 Å². The van der Waals surface area contributed by atoms with Crippen LogP contribution in [0.4, 0.5) is 4.39 Å². The number of pyridine rings is 1. The zero-order valence-corrected chi connectivity index (χ0v) is 24.4. The third-order valence-corrected chi connectivity index (χ3v) is 8.52. The number of aryl methyl sites for hydroxylation is 1. The molecular weight excluding hydrogens is 555 g/mol. The van der Waals surface area contributed by atoms with E-state index in [9.17, 15) is 14.0 Å². The maximum absolute atomic E-state index is 13.7. The number of fused-ring (bicyclic) bond motifs is 1. The molecule has 0 saturated heterocycles. The monoisotopic (exact) mass is 584 g/mol. The Morgan fingerprint density at radius 1 is 0.955 bits per heavy atom. The van der Waals surface area contributed by atoms with Crippen LogP contribution in [-0.4, -0.2) is 31.7 Å². The quantitative estimate of drug-likeness (QED) is 0.172.